The standard InChI is InChI=1S/C7H12O2.C4H6O2.C3H4O2.C2H5.Li/c1-5(6(8)9)7(2,3)4;1-3(2)4(5)6;1-2-3(4)5;1-2;/h1H2,2-4H3,(H,8,9);1H2,2H3,(H,5,6);2H,1H2,(H,4,5);1H2,2H3;/q;;;-1;+1. The minimum atomic E-state index is -0.981. The molecule has 0 fully saturated rings. The van der Waals surface area contributed by atoms with Gasteiger partial charge in [-0.15, -0.1) is 0 Å². The van der Waals surface area contributed by atoms with Gasteiger partial charge in [-0.2, -0.15) is 6.92 Å². The summed E-state index contributed by atoms with van der Waals surface area (Å²) in [4.78, 5) is 29.1. The molecular formula is C16H27LiO6. The molecule has 0 spiro atoms. The van der Waals surface area contributed by atoms with Gasteiger partial charge in [-0.3, -0.25) is 0 Å². The molecule has 0 radical (unpaired) electrons. The molecular weight excluding hydrogens is 295 g/mol. The third kappa shape index (κ3) is 33.2. The second kappa shape index (κ2) is 18.3. The summed E-state index contributed by atoms with van der Waals surface area (Å²) in [5, 5.41) is 23.9. The van der Waals surface area contributed by atoms with Gasteiger partial charge in [0.15, 0.2) is 0 Å². The summed E-state index contributed by atoms with van der Waals surface area (Å²) >= 11 is 0. The van der Waals surface area contributed by atoms with Gasteiger partial charge in [-0.05, 0) is 12.3 Å². The van der Waals surface area contributed by atoms with Crippen LogP contribution in [0, 0.1) is 12.3 Å². The van der Waals surface area contributed by atoms with Crippen molar-refractivity contribution in [2.24, 2.45) is 5.41 Å². The molecule has 0 aromatic carbocycles. The van der Waals surface area contributed by atoms with Crippen molar-refractivity contribution in [3.8, 4) is 0 Å². The first-order valence-electron chi connectivity index (χ1n) is 6.14. The Labute approximate surface area is 150 Å². The Balaban J connectivity index is -0.0000000681. The second-order valence-electron chi connectivity index (χ2n) is 4.66. The minimum absolute atomic E-state index is 0. The molecule has 0 amide bonds. The van der Waals surface area contributed by atoms with Gasteiger partial charge in [0.25, 0.3) is 0 Å². The van der Waals surface area contributed by atoms with Crippen LogP contribution in [0.25, 0.3) is 0 Å². The number of hydrogen-bond donors (Lipinski definition) is 3. The summed E-state index contributed by atoms with van der Waals surface area (Å²) in [6.45, 7) is 21.5. The molecule has 0 aliphatic rings. The minimum Gasteiger partial charge on any atom is -0.478 e. The van der Waals surface area contributed by atoms with Gasteiger partial charge in [0.1, 0.15) is 0 Å². The first kappa shape index (κ1) is 33.0. The van der Waals surface area contributed by atoms with Crippen LogP contribution in [0.5, 0.6) is 0 Å². The summed E-state index contributed by atoms with van der Waals surface area (Å²) < 4.78 is 0. The monoisotopic (exact) mass is 322 g/mol. The Morgan fingerprint density at radius 3 is 1.17 bits per heavy atom. The largest absolute Gasteiger partial charge is 1.00 e. The van der Waals surface area contributed by atoms with Crippen LogP contribution in [0.3, 0.4) is 0 Å². The van der Waals surface area contributed by atoms with E-state index in [0.717, 1.165) is 6.08 Å². The average Bonchev–Trinajstić information content (AvgIpc) is 2.40. The molecule has 0 bridgehead atoms. The van der Waals surface area contributed by atoms with Crippen LogP contribution in [0.2, 0.25) is 0 Å². The Morgan fingerprint density at radius 1 is 0.957 bits per heavy atom. The van der Waals surface area contributed by atoms with E-state index < -0.39 is 17.9 Å². The van der Waals surface area contributed by atoms with Crippen molar-refractivity contribution in [3.63, 3.8) is 0 Å². The van der Waals surface area contributed by atoms with Crippen molar-refractivity contribution in [3.05, 3.63) is 43.9 Å². The fraction of sp³-hybridized carbons (Fsp3) is 0.375. The predicted octanol–water partition coefficient (Wildman–Crippen LogP) is 0.422. The predicted molar refractivity (Wildman–Crippen MR) is 87.5 cm³/mol. The van der Waals surface area contributed by atoms with Gasteiger partial charge >= 0.3 is 36.8 Å². The van der Waals surface area contributed by atoms with E-state index in [4.69, 9.17) is 15.3 Å². The maximum atomic E-state index is 10.2. The van der Waals surface area contributed by atoms with E-state index in [1.807, 2.05) is 20.8 Å². The summed E-state index contributed by atoms with van der Waals surface area (Å²) in [6, 6.07) is 0. The van der Waals surface area contributed by atoms with Crippen LogP contribution in [-0.2, 0) is 14.4 Å². The van der Waals surface area contributed by atoms with Crippen LogP contribution in [0.4, 0.5) is 0 Å². The van der Waals surface area contributed by atoms with Crippen LogP contribution < -0.4 is 18.9 Å². The number of carboxylic acids is 3. The van der Waals surface area contributed by atoms with Crippen LogP contribution in [0.1, 0.15) is 34.6 Å². The molecule has 0 aliphatic carbocycles. The zero-order valence-electron chi connectivity index (χ0n) is 15.0. The molecule has 0 atom stereocenters. The number of hydrogen-bond acceptors (Lipinski definition) is 3. The van der Waals surface area contributed by atoms with E-state index in [1.165, 1.54) is 6.92 Å². The van der Waals surface area contributed by atoms with Gasteiger partial charge in [-0.25, -0.2) is 14.4 Å². The average molecular weight is 322 g/mol. The maximum absolute atomic E-state index is 10.2. The molecule has 3 N–H and O–H groups in total. The Bertz CT molecular complexity index is 393. The zero-order chi connectivity index (χ0) is 19.1. The van der Waals surface area contributed by atoms with Gasteiger partial charge in [0, 0.05) is 17.2 Å². The molecule has 0 heterocycles. The first-order valence-corrected chi connectivity index (χ1v) is 6.14. The molecule has 0 unspecified atom stereocenters. The normalized spacial score (nSPS) is 7.91. The fourth-order valence-electron chi connectivity index (χ4n) is 0.321. The van der Waals surface area contributed by atoms with Crippen molar-refractivity contribution in [2.45, 2.75) is 34.6 Å². The van der Waals surface area contributed by atoms with Gasteiger partial charge < -0.3 is 22.2 Å². The third-order valence-electron chi connectivity index (χ3n) is 1.70. The van der Waals surface area contributed by atoms with E-state index in [0.29, 0.717) is 0 Å². The van der Waals surface area contributed by atoms with Crippen LogP contribution in [-0.4, -0.2) is 33.2 Å². The van der Waals surface area contributed by atoms with Crippen LogP contribution >= 0.6 is 0 Å². The molecule has 0 saturated heterocycles. The smallest absolute Gasteiger partial charge is 0.478 e. The molecule has 6 nitrogen and oxygen atoms in total. The number of rotatable bonds is 3. The van der Waals surface area contributed by atoms with Gasteiger partial charge in [-0.1, -0.05) is 40.5 Å². The van der Waals surface area contributed by atoms with E-state index in [9.17, 15) is 14.4 Å². The van der Waals surface area contributed by atoms with Crippen molar-refractivity contribution in [1.82, 2.24) is 0 Å². The molecule has 0 saturated carbocycles. The number of aliphatic carboxylic acids is 3. The van der Waals surface area contributed by atoms with Crippen molar-refractivity contribution >= 4 is 17.9 Å². The summed E-state index contributed by atoms with van der Waals surface area (Å²) in [7, 11) is 0. The molecule has 0 aromatic rings. The number of carboxylic acid groups (broad SMARTS) is 3. The Kier molecular flexibility index (Phi) is 26.2. The van der Waals surface area contributed by atoms with Crippen LogP contribution in [0.15, 0.2) is 37.0 Å². The van der Waals surface area contributed by atoms with Gasteiger partial charge in [0.2, 0.25) is 0 Å². The van der Waals surface area contributed by atoms with Crippen molar-refractivity contribution in [2.75, 3.05) is 0 Å². The number of carbonyl (C=O) groups is 3. The van der Waals surface area contributed by atoms with Crippen molar-refractivity contribution in [1.29, 1.82) is 0 Å². The fourth-order valence-corrected chi connectivity index (χ4v) is 0.321. The zero-order valence-corrected chi connectivity index (χ0v) is 15.0. The third-order valence-corrected chi connectivity index (χ3v) is 1.70. The molecule has 0 rings (SSSR count). The first-order chi connectivity index (χ1) is 9.77. The van der Waals surface area contributed by atoms with Gasteiger partial charge in [0.05, 0.1) is 0 Å². The Morgan fingerprint density at radius 2 is 1.17 bits per heavy atom. The van der Waals surface area contributed by atoms with Crippen molar-refractivity contribution < 1.29 is 48.6 Å². The summed E-state index contributed by atoms with van der Waals surface area (Å²) in [5.74, 6) is -2.83. The quantitative estimate of drug-likeness (QED) is 0.394. The maximum Gasteiger partial charge on any atom is 1.00 e. The van der Waals surface area contributed by atoms with E-state index in [2.05, 4.69) is 26.7 Å². The molecule has 0 aliphatic heterocycles. The Hall–Kier alpha value is -1.77. The molecule has 128 valence electrons. The molecule has 7 heteroatoms. The molecule has 0 aromatic heterocycles. The second-order valence-corrected chi connectivity index (χ2v) is 4.66. The SMILES string of the molecule is C=C(C(=O)O)C(C)(C)C.C=C(C)C(=O)O.C=CC(=O)O.[CH2-]C.[Li+]. The topological polar surface area (TPSA) is 112 Å². The van der Waals surface area contributed by atoms with E-state index >= 15 is 0 Å². The summed E-state index contributed by atoms with van der Waals surface area (Å²) in [6.07, 6.45) is 0.833. The van der Waals surface area contributed by atoms with E-state index in [1.54, 1.807) is 6.92 Å². The molecule has 23 heavy (non-hydrogen) atoms. The van der Waals surface area contributed by atoms with E-state index in [-0.39, 0.29) is 35.4 Å². The summed E-state index contributed by atoms with van der Waals surface area (Å²) in [5.41, 5.74) is 0.115.